The lowest BCUT2D eigenvalue weighted by atomic mass is 10.0. The largest absolute Gasteiger partial charge is 0.475 e. The molecule has 0 fully saturated rings. The number of ether oxygens (including phenoxy) is 1. The number of aryl methyl sites for hydroxylation is 1. The molecule has 170 valence electrons. The van der Waals surface area contributed by atoms with Gasteiger partial charge >= 0.3 is 6.03 Å². The molecule has 3 N–H and O–H groups in total. The Kier molecular flexibility index (Phi) is 6.50. The first kappa shape index (κ1) is 22.2. The van der Waals surface area contributed by atoms with Crippen LogP contribution in [0.1, 0.15) is 0 Å². The standard InChI is InChI=1S/C21H18ClF2N7O2/c1-31-20-16(11-25-31)15(12-2-4-13(24)5-3-12)10-18(28-20)29-30-21(32)26-14-8-17(22)27-19(9-14)33-7-6-23/h2-5,8-11H,6-7H2,1H3,(H,28,29)(H2,26,27,30,32). The molecule has 12 heteroatoms. The monoisotopic (exact) mass is 473 g/mol. The van der Waals surface area contributed by atoms with Gasteiger partial charge < -0.3 is 10.1 Å². The van der Waals surface area contributed by atoms with Gasteiger partial charge in [-0.1, -0.05) is 23.7 Å². The van der Waals surface area contributed by atoms with Crippen LogP contribution in [0.5, 0.6) is 5.88 Å². The number of hydrogen-bond donors (Lipinski definition) is 3. The van der Waals surface area contributed by atoms with E-state index in [2.05, 4.69) is 31.2 Å². The number of hydrazine groups is 1. The van der Waals surface area contributed by atoms with Crippen LogP contribution < -0.4 is 20.9 Å². The lowest BCUT2D eigenvalue weighted by Gasteiger charge is -2.12. The highest BCUT2D eigenvalue weighted by atomic mass is 35.5. The molecule has 0 unspecified atom stereocenters. The van der Waals surface area contributed by atoms with Crippen LogP contribution in [0, 0.1) is 5.82 Å². The number of urea groups is 1. The van der Waals surface area contributed by atoms with Gasteiger partial charge in [-0.25, -0.2) is 23.5 Å². The first-order valence-electron chi connectivity index (χ1n) is 9.71. The molecule has 0 saturated carbocycles. The number of benzene rings is 1. The minimum Gasteiger partial charge on any atom is -0.475 e. The molecule has 0 atom stereocenters. The maximum atomic E-state index is 13.4. The van der Waals surface area contributed by atoms with Crippen LogP contribution in [-0.2, 0) is 7.05 Å². The molecule has 0 aliphatic heterocycles. The topological polar surface area (TPSA) is 106 Å². The van der Waals surface area contributed by atoms with Crippen molar-refractivity contribution in [2.24, 2.45) is 7.05 Å². The molecule has 0 spiro atoms. The number of aromatic nitrogens is 4. The van der Waals surface area contributed by atoms with E-state index < -0.39 is 12.7 Å². The summed E-state index contributed by atoms with van der Waals surface area (Å²) in [6.07, 6.45) is 1.67. The summed E-state index contributed by atoms with van der Waals surface area (Å²) >= 11 is 5.92. The van der Waals surface area contributed by atoms with Crippen LogP contribution in [0.4, 0.5) is 25.1 Å². The Morgan fingerprint density at radius 2 is 1.97 bits per heavy atom. The van der Waals surface area contributed by atoms with Crippen LogP contribution in [-0.4, -0.2) is 39.1 Å². The van der Waals surface area contributed by atoms with Gasteiger partial charge in [0.2, 0.25) is 5.88 Å². The normalized spacial score (nSPS) is 10.8. The fraction of sp³-hybridized carbons (Fsp3) is 0.143. The first-order valence-corrected chi connectivity index (χ1v) is 10.1. The van der Waals surface area contributed by atoms with Crippen molar-refractivity contribution in [2.75, 3.05) is 24.0 Å². The van der Waals surface area contributed by atoms with E-state index in [1.165, 1.54) is 24.3 Å². The van der Waals surface area contributed by atoms with Crippen molar-refractivity contribution in [3.8, 4) is 17.0 Å². The van der Waals surface area contributed by atoms with E-state index in [4.69, 9.17) is 16.3 Å². The predicted octanol–water partition coefficient (Wildman–Crippen LogP) is 4.32. The first-order chi connectivity index (χ1) is 15.9. The molecule has 0 aliphatic carbocycles. The highest BCUT2D eigenvalue weighted by Crippen LogP contribution is 2.30. The molecule has 4 aromatic rings. The van der Waals surface area contributed by atoms with Crippen LogP contribution in [0.15, 0.2) is 48.7 Å². The van der Waals surface area contributed by atoms with Crippen molar-refractivity contribution in [3.05, 3.63) is 59.6 Å². The Labute approximate surface area is 191 Å². The molecule has 4 rings (SSSR count). The Morgan fingerprint density at radius 3 is 2.73 bits per heavy atom. The number of amides is 2. The van der Waals surface area contributed by atoms with Crippen molar-refractivity contribution in [1.29, 1.82) is 0 Å². The van der Waals surface area contributed by atoms with E-state index in [0.29, 0.717) is 17.2 Å². The van der Waals surface area contributed by atoms with Crippen LogP contribution >= 0.6 is 11.6 Å². The molecule has 3 aromatic heterocycles. The van der Waals surface area contributed by atoms with Gasteiger partial charge in [0, 0.05) is 18.5 Å². The smallest absolute Gasteiger partial charge is 0.337 e. The fourth-order valence-corrected chi connectivity index (χ4v) is 3.29. The maximum absolute atomic E-state index is 13.4. The van der Waals surface area contributed by atoms with Gasteiger partial charge in [0.15, 0.2) is 5.65 Å². The number of nitrogens with zero attached hydrogens (tertiary/aromatic N) is 4. The minimum absolute atomic E-state index is 0.0712. The number of anilines is 2. The lowest BCUT2D eigenvalue weighted by Crippen LogP contribution is -2.34. The number of halogens is 3. The van der Waals surface area contributed by atoms with Crippen molar-refractivity contribution < 1.29 is 18.3 Å². The van der Waals surface area contributed by atoms with Gasteiger partial charge in [-0.15, -0.1) is 0 Å². The van der Waals surface area contributed by atoms with Gasteiger partial charge in [-0.3, -0.25) is 15.5 Å². The second-order valence-electron chi connectivity index (χ2n) is 6.83. The second-order valence-corrected chi connectivity index (χ2v) is 7.21. The Morgan fingerprint density at radius 1 is 1.18 bits per heavy atom. The third kappa shape index (κ3) is 5.26. The summed E-state index contributed by atoms with van der Waals surface area (Å²) in [5.74, 6) is 0.0670. The summed E-state index contributed by atoms with van der Waals surface area (Å²) < 4.78 is 32.4. The number of pyridine rings is 2. The van der Waals surface area contributed by atoms with E-state index in [9.17, 15) is 13.6 Å². The fourth-order valence-electron chi connectivity index (χ4n) is 3.09. The number of fused-ring (bicyclic) bond motifs is 1. The van der Waals surface area contributed by atoms with E-state index in [-0.39, 0.29) is 23.5 Å². The summed E-state index contributed by atoms with van der Waals surface area (Å²) in [4.78, 5) is 20.7. The van der Waals surface area contributed by atoms with E-state index in [1.54, 1.807) is 36.1 Å². The molecule has 0 aliphatic rings. The summed E-state index contributed by atoms with van der Waals surface area (Å²) in [6, 6.07) is 9.94. The van der Waals surface area contributed by atoms with Crippen molar-refractivity contribution in [1.82, 2.24) is 25.2 Å². The zero-order chi connectivity index (χ0) is 23.4. The number of carbonyl (C=O) groups is 1. The van der Waals surface area contributed by atoms with Gasteiger partial charge in [-0.05, 0) is 35.4 Å². The minimum atomic E-state index is -0.685. The zero-order valence-corrected chi connectivity index (χ0v) is 18.0. The average Bonchev–Trinajstić information content (AvgIpc) is 3.17. The SMILES string of the molecule is Cn1ncc2c(-c3ccc(F)cc3)cc(NNC(=O)Nc3cc(Cl)nc(OCCF)c3)nc21. The predicted molar refractivity (Wildman–Crippen MR) is 120 cm³/mol. The van der Waals surface area contributed by atoms with Gasteiger partial charge in [-0.2, -0.15) is 5.10 Å². The zero-order valence-electron chi connectivity index (χ0n) is 17.3. The summed E-state index contributed by atoms with van der Waals surface area (Å²) in [6.45, 7) is -0.867. The Balaban J connectivity index is 1.51. The summed E-state index contributed by atoms with van der Waals surface area (Å²) in [5, 5.41) is 7.64. The van der Waals surface area contributed by atoms with Crippen molar-refractivity contribution in [2.45, 2.75) is 0 Å². The van der Waals surface area contributed by atoms with Gasteiger partial charge in [0.25, 0.3) is 0 Å². The van der Waals surface area contributed by atoms with Gasteiger partial charge in [0.1, 0.15) is 30.1 Å². The van der Waals surface area contributed by atoms with Crippen LogP contribution in [0.25, 0.3) is 22.2 Å². The van der Waals surface area contributed by atoms with Crippen molar-refractivity contribution in [3.63, 3.8) is 0 Å². The molecule has 3 heterocycles. The molecule has 0 saturated heterocycles. The molecule has 33 heavy (non-hydrogen) atoms. The van der Waals surface area contributed by atoms with Gasteiger partial charge in [0.05, 0.1) is 11.9 Å². The third-order valence-electron chi connectivity index (χ3n) is 4.52. The lowest BCUT2D eigenvalue weighted by molar-refractivity contribution is 0.253. The second kappa shape index (κ2) is 9.65. The Bertz CT molecular complexity index is 1300. The van der Waals surface area contributed by atoms with Crippen LogP contribution in [0.3, 0.4) is 0 Å². The molecule has 0 bridgehead atoms. The Hall–Kier alpha value is -3.99. The molecule has 1 aromatic carbocycles. The van der Waals surface area contributed by atoms with Crippen LogP contribution in [0.2, 0.25) is 5.15 Å². The molecule has 2 amide bonds. The molecule has 9 nitrogen and oxygen atoms in total. The summed E-state index contributed by atoms with van der Waals surface area (Å²) in [5.41, 5.74) is 7.60. The summed E-state index contributed by atoms with van der Waals surface area (Å²) in [7, 11) is 1.74. The number of alkyl halides is 1. The van der Waals surface area contributed by atoms with E-state index >= 15 is 0 Å². The van der Waals surface area contributed by atoms with E-state index in [1.807, 2.05) is 0 Å². The number of carbonyl (C=O) groups excluding carboxylic acids is 1. The molecular weight excluding hydrogens is 456 g/mol. The highest BCUT2D eigenvalue weighted by molar-refractivity contribution is 6.29. The third-order valence-corrected chi connectivity index (χ3v) is 4.71. The number of rotatable bonds is 7. The quantitative estimate of drug-likeness (QED) is 0.273. The number of nitrogens with one attached hydrogen (secondary N) is 3. The molecular formula is C21H18ClF2N7O2. The van der Waals surface area contributed by atoms with E-state index in [0.717, 1.165) is 16.5 Å². The maximum Gasteiger partial charge on any atom is 0.337 e. The highest BCUT2D eigenvalue weighted by Gasteiger charge is 2.13. The number of hydrogen-bond acceptors (Lipinski definition) is 6. The molecule has 0 radical (unpaired) electrons. The van der Waals surface area contributed by atoms with Crippen molar-refractivity contribution >= 4 is 40.2 Å². The average molecular weight is 474 g/mol.